The highest BCUT2D eigenvalue weighted by Gasteiger charge is 2.16. The largest absolute Gasteiger partial charge is 0.444 e. The minimum Gasteiger partial charge on any atom is -0.444 e. The van der Waals surface area contributed by atoms with Crippen molar-refractivity contribution in [2.45, 2.75) is 26.9 Å². The van der Waals surface area contributed by atoms with Crippen molar-refractivity contribution in [2.75, 3.05) is 44.7 Å². The average Bonchev–Trinajstić information content (AvgIpc) is 3.34. The van der Waals surface area contributed by atoms with Gasteiger partial charge in [-0.15, -0.1) is 24.0 Å². The molecule has 9 heteroatoms. The van der Waals surface area contributed by atoms with Gasteiger partial charge < -0.3 is 24.9 Å². The number of oxazole rings is 1. The highest BCUT2D eigenvalue weighted by molar-refractivity contribution is 14.0. The first-order valence-corrected chi connectivity index (χ1v) is 11.5. The van der Waals surface area contributed by atoms with Gasteiger partial charge in [-0.25, -0.2) is 9.97 Å². The molecule has 2 N–H and O–H groups in total. The molecule has 4 rings (SSSR count). The van der Waals surface area contributed by atoms with Crippen LogP contribution < -0.4 is 15.5 Å². The molecule has 1 aliphatic heterocycles. The highest BCUT2D eigenvalue weighted by Crippen LogP contribution is 2.19. The normalized spacial score (nSPS) is 14.6. The molecular weight excluding hydrogens is 541 g/mol. The van der Waals surface area contributed by atoms with Crippen molar-refractivity contribution >= 4 is 35.8 Å². The Balaban J connectivity index is 0.00000324. The van der Waals surface area contributed by atoms with Crippen LogP contribution in [0, 0.1) is 6.92 Å². The van der Waals surface area contributed by atoms with Crippen LogP contribution >= 0.6 is 24.0 Å². The van der Waals surface area contributed by atoms with Crippen LogP contribution in [0.15, 0.2) is 58.3 Å². The molecule has 0 spiro atoms. The number of pyridine rings is 1. The molecule has 0 saturated carbocycles. The van der Waals surface area contributed by atoms with Gasteiger partial charge in [0.1, 0.15) is 12.1 Å². The molecule has 3 aromatic rings. The number of nitrogens with one attached hydrogen (secondary N) is 2. The molecule has 0 radical (unpaired) electrons. The first kappa shape index (κ1) is 26.0. The molecule has 3 heterocycles. The zero-order valence-electron chi connectivity index (χ0n) is 20.1. The summed E-state index contributed by atoms with van der Waals surface area (Å²) in [6.45, 7) is 10.8. The van der Waals surface area contributed by atoms with E-state index in [4.69, 9.17) is 4.42 Å². The zero-order valence-corrected chi connectivity index (χ0v) is 22.5. The van der Waals surface area contributed by atoms with Gasteiger partial charge >= 0.3 is 0 Å². The van der Waals surface area contributed by atoms with Crippen LogP contribution in [-0.4, -0.2) is 60.6 Å². The first-order chi connectivity index (χ1) is 16.1. The fraction of sp³-hybridized carbons (Fsp3) is 0.400. The third-order valence-electron chi connectivity index (χ3n) is 5.92. The number of guanidine groups is 1. The second kappa shape index (κ2) is 12.7. The molecule has 0 atom stereocenters. The van der Waals surface area contributed by atoms with E-state index in [1.807, 2.05) is 18.3 Å². The molecule has 2 aromatic heterocycles. The topological polar surface area (TPSA) is 81.8 Å². The van der Waals surface area contributed by atoms with E-state index < -0.39 is 0 Å². The number of aliphatic imine (C=N–C) groups is 1. The Bertz CT molecular complexity index is 1040. The van der Waals surface area contributed by atoms with Crippen LogP contribution in [-0.2, 0) is 13.1 Å². The quantitative estimate of drug-likeness (QED) is 0.253. The number of benzene rings is 1. The summed E-state index contributed by atoms with van der Waals surface area (Å²) in [6, 6.07) is 12.4. The molecule has 0 bridgehead atoms. The molecule has 34 heavy (non-hydrogen) atoms. The Kier molecular flexibility index (Phi) is 9.70. The number of hydrogen-bond acceptors (Lipinski definition) is 6. The predicted octanol–water partition coefficient (Wildman–Crippen LogP) is 3.67. The zero-order chi connectivity index (χ0) is 23.0. The standard InChI is InChI=1S/C25H33N7O.HI/c1-4-31-11-13-32(14-12-31)23-10-7-20(15-27-23)16-28-25(26-3)29-17-22-18-33-24(30-22)21-8-5-19(2)6-9-21;/h5-10,15,18H,4,11-14,16-17H2,1-3H3,(H2,26,28,29);1H. The van der Waals surface area contributed by atoms with E-state index in [2.05, 4.69) is 73.5 Å². The van der Waals surface area contributed by atoms with Crippen molar-refractivity contribution in [2.24, 2.45) is 4.99 Å². The molecule has 0 aliphatic carbocycles. The maximum Gasteiger partial charge on any atom is 0.226 e. The van der Waals surface area contributed by atoms with E-state index in [9.17, 15) is 0 Å². The molecule has 8 nitrogen and oxygen atoms in total. The van der Waals surface area contributed by atoms with Gasteiger partial charge in [-0.05, 0) is 37.2 Å². The summed E-state index contributed by atoms with van der Waals surface area (Å²) < 4.78 is 5.63. The van der Waals surface area contributed by atoms with Crippen LogP contribution in [0.3, 0.4) is 0 Å². The smallest absolute Gasteiger partial charge is 0.226 e. The molecule has 182 valence electrons. The first-order valence-electron chi connectivity index (χ1n) is 11.5. The lowest BCUT2D eigenvalue weighted by Gasteiger charge is -2.34. The number of piperazine rings is 1. The summed E-state index contributed by atoms with van der Waals surface area (Å²) >= 11 is 0. The van der Waals surface area contributed by atoms with Crippen molar-refractivity contribution in [3.8, 4) is 11.5 Å². The summed E-state index contributed by atoms with van der Waals surface area (Å²) in [6.07, 6.45) is 3.62. The van der Waals surface area contributed by atoms with Gasteiger partial charge in [0.15, 0.2) is 5.96 Å². The van der Waals surface area contributed by atoms with Crippen molar-refractivity contribution in [3.05, 3.63) is 65.7 Å². The number of nitrogens with zero attached hydrogens (tertiary/aromatic N) is 5. The number of likely N-dealkylation sites (N-methyl/N-ethyl adjacent to an activating group) is 1. The lowest BCUT2D eigenvalue weighted by molar-refractivity contribution is 0.270. The summed E-state index contributed by atoms with van der Waals surface area (Å²) in [5.74, 6) is 2.37. The maximum atomic E-state index is 5.63. The van der Waals surface area contributed by atoms with E-state index in [1.54, 1.807) is 13.3 Å². The Labute approximate surface area is 218 Å². The Morgan fingerprint density at radius 3 is 2.41 bits per heavy atom. The van der Waals surface area contributed by atoms with Crippen molar-refractivity contribution in [1.29, 1.82) is 0 Å². The summed E-state index contributed by atoms with van der Waals surface area (Å²) in [4.78, 5) is 18.4. The van der Waals surface area contributed by atoms with Crippen LogP contribution in [0.4, 0.5) is 5.82 Å². The minimum atomic E-state index is 0. The summed E-state index contributed by atoms with van der Waals surface area (Å²) in [5.41, 5.74) is 4.11. The molecule has 0 unspecified atom stereocenters. The number of aryl methyl sites for hydroxylation is 1. The van der Waals surface area contributed by atoms with E-state index >= 15 is 0 Å². The molecule has 1 aromatic carbocycles. The number of hydrogen-bond donors (Lipinski definition) is 2. The third kappa shape index (κ3) is 6.92. The van der Waals surface area contributed by atoms with Gasteiger partial charge in [-0.3, -0.25) is 4.99 Å². The average molecular weight is 575 g/mol. The third-order valence-corrected chi connectivity index (χ3v) is 5.92. The SMILES string of the molecule is CCN1CCN(c2ccc(CNC(=NC)NCc3coc(-c4ccc(C)cc4)n3)cn2)CC1.I. The predicted molar refractivity (Wildman–Crippen MR) is 148 cm³/mol. The lowest BCUT2D eigenvalue weighted by atomic mass is 10.1. The van der Waals surface area contributed by atoms with Crippen LogP contribution in [0.2, 0.25) is 0 Å². The summed E-state index contributed by atoms with van der Waals surface area (Å²) in [7, 11) is 1.76. The second-order valence-electron chi connectivity index (χ2n) is 8.24. The molecule has 1 saturated heterocycles. The molecule has 0 amide bonds. The van der Waals surface area contributed by atoms with Crippen molar-refractivity contribution in [1.82, 2.24) is 25.5 Å². The van der Waals surface area contributed by atoms with Crippen LogP contribution in [0.5, 0.6) is 0 Å². The maximum absolute atomic E-state index is 5.63. The van der Waals surface area contributed by atoms with Gasteiger partial charge in [-0.2, -0.15) is 0 Å². The van der Waals surface area contributed by atoms with Crippen LogP contribution in [0.1, 0.15) is 23.7 Å². The minimum absolute atomic E-state index is 0. The number of aromatic nitrogens is 2. The van der Waals surface area contributed by atoms with Gasteiger partial charge in [0, 0.05) is 51.5 Å². The van der Waals surface area contributed by atoms with Gasteiger partial charge in [0.2, 0.25) is 5.89 Å². The second-order valence-corrected chi connectivity index (χ2v) is 8.24. The van der Waals surface area contributed by atoms with E-state index in [1.165, 1.54) is 5.56 Å². The van der Waals surface area contributed by atoms with Gasteiger partial charge in [0.25, 0.3) is 0 Å². The fourth-order valence-corrected chi connectivity index (χ4v) is 3.80. The number of halogens is 1. The Morgan fingerprint density at radius 2 is 1.76 bits per heavy atom. The monoisotopic (exact) mass is 575 g/mol. The highest BCUT2D eigenvalue weighted by atomic mass is 127. The number of anilines is 1. The van der Waals surface area contributed by atoms with Gasteiger partial charge in [0.05, 0.1) is 12.2 Å². The fourth-order valence-electron chi connectivity index (χ4n) is 3.80. The van der Waals surface area contributed by atoms with E-state index in [0.717, 1.165) is 55.4 Å². The van der Waals surface area contributed by atoms with Gasteiger partial charge in [-0.1, -0.05) is 30.7 Å². The number of rotatable bonds is 7. The lowest BCUT2D eigenvalue weighted by Crippen LogP contribution is -2.46. The molecule has 1 aliphatic rings. The molecular formula is C25H34IN7O. The van der Waals surface area contributed by atoms with Crippen molar-refractivity contribution < 1.29 is 4.42 Å². The molecule has 1 fully saturated rings. The van der Waals surface area contributed by atoms with Crippen molar-refractivity contribution in [3.63, 3.8) is 0 Å². The Hall–Kier alpha value is -2.66. The van der Waals surface area contributed by atoms with Crippen LogP contribution in [0.25, 0.3) is 11.5 Å². The Morgan fingerprint density at radius 1 is 1.03 bits per heavy atom. The summed E-state index contributed by atoms with van der Waals surface area (Å²) in [5, 5.41) is 6.62. The van der Waals surface area contributed by atoms with E-state index in [-0.39, 0.29) is 24.0 Å². The van der Waals surface area contributed by atoms with E-state index in [0.29, 0.717) is 24.9 Å².